The molecule has 1 heterocycles. The second-order valence-corrected chi connectivity index (χ2v) is 5.51. The van der Waals surface area contributed by atoms with Gasteiger partial charge in [-0.05, 0) is 42.5 Å². The minimum atomic E-state index is -4.46. The topological polar surface area (TPSA) is 71.5 Å². The Kier molecular flexibility index (Phi) is 4.98. The zero-order chi connectivity index (χ0) is 19.4. The first-order chi connectivity index (χ1) is 12.8. The van der Waals surface area contributed by atoms with Gasteiger partial charge in [0.15, 0.2) is 0 Å². The fourth-order valence-electron chi connectivity index (χ4n) is 2.19. The maximum atomic E-state index is 12.5. The van der Waals surface area contributed by atoms with E-state index >= 15 is 0 Å². The summed E-state index contributed by atoms with van der Waals surface area (Å²) in [5.74, 6) is -0.0449. The lowest BCUT2D eigenvalue weighted by Gasteiger charge is -2.09. The molecule has 1 aromatic heterocycles. The molecule has 3 aromatic rings. The number of ether oxygens (including phenoxy) is 1. The van der Waals surface area contributed by atoms with Crippen molar-refractivity contribution >= 4 is 11.6 Å². The lowest BCUT2D eigenvalue weighted by Crippen LogP contribution is -2.11. The molecule has 2 N–H and O–H groups in total. The molecule has 2 aromatic carbocycles. The first-order valence-corrected chi connectivity index (χ1v) is 7.73. The quantitative estimate of drug-likeness (QED) is 0.685. The minimum absolute atomic E-state index is 0.0000349. The van der Waals surface area contributed by atoms with Gasteiger partial charge in [0.2, 0.25) is 5.88 Å². The summed E-state index contributed by atoms with van der Waals surface area (Å²) < 4.78 is 42.9. The lowest BCUT2D eigenvalue weighted by molar-refractivity contribution is -0.137. The number of hydrogen-bond acceptors (Lipinski definition) is 4. The van der Waals surface area contributed by atoms with Gasteiger partial charge in [-0.1, -0.05) is 6.07 Å². The Labute approximate surface area is 152 Å². The van der Waals surface area contributed by atoms with E-state index in [4.69, 9.17) is 4.74 Å². The van der Waals surface area contributed by atoms with Gasteiger partial charge in [0.1, 0.15) is 11.5 Å². The number of aromatic hydroxyl groups is 1. The van der Waals surface area contributed by atoms with Crippen molar-refractivity contribution in [3.05, 3.63) is 78.0 Å². The fourth-order valence-corrected chi connectivity index (χ4v) is 2.19. The molecule has 0 saturated carbocycles. The summed E-state index contributed by atoms with van der Waals surface area (Å²) in [5, 5.41) is 12.0. The molecule has 0 bridgehead atoms. The molecule has 0 unspecified atom stereocenters. The number of phenolic OH excluding ortho intramolecular Hbond substituents is 1. The van der Waals surface area contributed by atoms with E-state index in [1.165, 1.54) is 36.4 Å². The Bertz CT molecular complexity index is 940. The average molecular weight is 374 g/mol. The summed E-state index contributed by atoms with van der Waals surface area (Å²) >= 11 is 0. The standard InChI is InChI=1S/C19H13F3N2O3/c20-19(21,22)13-6-9-17(23-11-13)27-16-7-4-12(5-8-16)18(26)24-14-2-1-3-15(25)10-14/h1-11,25H,(H,24,26). The molecule has 5 nitrogen and oxygen atoms in total. The second kappa shape index (κ2) is 7.36. The number of phenols is 1. The summed E-state index contributed by atoms with van der Waals surface area (Å²) in [5.41, 5.74) is -0.0887. The summed E-state index contributed by atoms with van der Waals surface area (Å²) in [6.07, 6.45) is -3.78. The Hall–Kier alpha value is -3.55. The molecule has 0 spiro atoms. The highest BCUT2D eigenvalue weighted by Crippen LogP contribution is 2.30. The zero-order valence-corrected chi connectivity index (χ0v) is 13.7. The third-order valence-electron chi connectivity index (χ3n) is 3.51. The molecule has 0 fully saturated rings. The molecule has 0 aliphatic heterocycles. The highest BCUT2D eigenvalue weighted by Gasteiger charge is 2.30. The molecular weight excluding hydrogens is 361 g/mol. The Balaban J connectivity index is 1.65. The van der Waals surface area contributed by atoms with Crippen molar-refractivity contribution < 1.29 is 27.8 Å². The highest BCUT2D eigenvalue weighted by atomic mass is 19.4. The van der Waals surface area contributed by atoms with Crippen LogP contribution in [0.5, 0.6) is 17.4 Å². The van der Waals surface area contributed by atoms with Gasteiger partial charge in [0, 0.05) is 29.6 Å². The number of nitrogens with zero attached hydrogens (tertiary/aromatic N) is 1. The van der Waals surface area contributed by atoms with E-state index in [-0.39, 0.29) is 17.5 Å². The monoisotopic (exact) mass is 374 g/mol. The molecule has 0 atom stereocenters. The van der Waals surface area contributed by atoms with Crippen molar-refractivity contribution in [1.82, 2.24) is 4.98 Å². The first-order valence-electron chi connectivity index (χ1n) is 7.73. The van der Waals surface area contributed by atoms with Gasteiger partial charge in [-0.25, -0.2) is 4.98 Å². The molecular formula is C19H13F3N2O3. The van der Waals surface area contributed by atoms with Crippen molar-refractivity contribution in [2.24, 2.45) is 0 Å². The van der Waals surface area contributed by atoms with E-state index < -0.39 is 11.7 Å². The molecule has 0 aliphatic carbocycles. The molecule has 0 saturated heterocycles. The Morgan fingerprint density at radius 3 is 2.37 bits per heavy atom. The molecule has 1 amide bonds. The molecule has 0 radical (unpaired) electrons. The van der Waals surface area contributed by atoms with Crippen LogP contribution in [-0.2, 0) is 6.18 Å². The third-order valence-corrected chi connectivity index (χ3v) is 3.51. The molecule has 3 rings (SSSR count). The minimum Gasteiger partial charge on any atom is -0.508 e. The van der Waals surface area contributed by atoms with Crippen LogP contribution in [0.3, 0.4) is 0 Å². The van der Waals surface area contributed by atoms with Crippen LogP contribution in [-0.4, -0.2) is 16.0 Å². The molecule has 27 heavy (non-hydrogen) atoms. The number of carbonyl (C=O) groups is 1. The number of halogens is 3. The number of aromatic nitrogens is 1. The number of rotatable bonds is 4. The zero-order valence-electron chi connectivity index (χ0n) is 13.7. The fraction of sp³-hybridized carbons (Fsp3) is 0.0526. The lowest BCUT2D eigenvalue weighted by atomic mass is 10.2. The summed E-state index contributed by atoms with van der Waals surface area (Å²) in [6.45, 7) is 0. The van der Waals surface area contributed by atoms with E-state index in [0.717, 1.165) is 12.1 Å². The predicted octanol–water partition coefficient (Wildman–Crippen LogP) is 4.85. The number of pyridine rings is 1. The van der Waals surface area contributed by atoms with Gasteiger partial charge in [-0.2, -0.15) is 13.2 Å². The predicted molar refractivity (Wildman–Crippen MR) is 91.8 cm³/mol. The van der Waals surface area contributed by atoms with Crippen LogP contribution in [0.2, 0.25) is 0 Å². The van der Waals surface area contributed by atoms with Gasteiger partial charge in [-0.15, -0.1) is 0 Å². The maximum absolute atomic E-state index is 12.5. The van der Waals surface area contributed by atoms with Crippen molar-refractivity contribution in [1.29, 1.82) is 0 Å². The van der Waals surface area contributed by atoms with E-state index in [1.54, 1.807) is 12.1 Å². The van der Waals surface area contributed by atoms with Crippen molar-refractivity contribution in [3.63, 3.8) is 0 Å². The Morgan fingerprint density at radius 2 is 1.78 bits per heavy atom. The smallest absolute Gasteiger partial charge is 0.417 e. The molecule has 138 valence electrons. The maximum Gasteiger partial charge on any atom is 0.417 e. The number of alkyl halides is 3. The highest BCUT2D eigenvalue weighted by molar-refractivity contribution is 6.04. The SMILES string of the molecule is O=C(Nc1cccc(O)c1)c1ccc(Oc2ccc(C(F)(F)F)cn2)cc1. The van der Waals surface area contributed by atoms with Crippen LogP contribution in [0.1, 0.15) is 15.9 Å². The van der Waals surface area contributed by atoms with Crippen LogP contribution >= 0.6 is 0 Å². The van der Waals surface area contributed by atoms with Crippen LogP contribution < -0.4 is 10.1 Å². The van der Waals surface area contributed by atoms with Crippen LogP contribution in [0.4, 0.5) is 18.9 Å². The summed E-state index contributed by atoms with van der Waals surface area (Å²) in [4.78, 5) is 15.8. The number of benzene rings is 2. The average Bonchev–Trinajstić information content (AvgIpc) is 2.62. The van der Waals surface area contributed by atoms with E-state index in [0.29, 0.717) is 23.2 Å². The van der Waals surface area contributed by atoms with Crippen LogP contribution in [0.25, 0.3) is 0 Å². The number of nitrogens with one attached hydrogen (secondary N) is 1. The van der Waals surface area contributed by atoms with Gasteiger partial charge in [0.05, 0.1) is 5.56 Å². The first kappa shape index (κ1) is 18.2. The van der Waals surface area contributed by atoms with Gasteiger partial charge in [-0.3, -0.25) is 4.79 Å². The number of amides is 1. The normalized spacial score (nSPS) is 11.1. The third kappa shape index (κ3) is 4.75. The van der Waals surface area contributed by atoms with Gasteiger partial charge < -0.3 is 15.2 Å². The largest absolute Gasteiger partial charge is 0.508 e. The van der Waals surface area contributed by atoms with Crippen molar-refractivity contribution in [2.45, 2.75) is 6.18 Å². The van der Waals surface area contributed by atoms with E-state index in [9.17, 15) is 23.1 Å². The van der Waals surface area contributed by atoms with Crippen LogP contribution in [0.15, 0.2) is 66.9 Å². The Morgan fingerprint density at radius 1 is 1.04 bits per heavy atom. The second-order valence-electron chi connectivity index (χ2n) is 5.51. The number of hydrogen-bond donors (Lipinski definition) is 2. The summed E-state index contributed by atoms with van der Waals surface area (Å²) in [7, 11) is 0. The van der Waals surface area contributed by atoms with Crippen molar-refractivity contribution in [2.75, 3.05) is 5.32 Å². The van der Waals surface area contributed by atoms with Crippen LogP contribution in [0, 0.1) is 0 Å². The molecule has 8 heteroatoms. The summed E-state index contributed by atoms with van der Waals surface area (Å²) in [6, 6.07) is 14.1. The number of anilines is 1. The van der Waals surface area contributed by atoms with E-state index in [1.807, 2.05) is 0 Å². The van der Waals surface area contributed by atoms with E-state index in [2.05, 4.69) is 10.3 Å². The molecule has 0 aliphatic rings. The number of carbonyl (C=O) groups excluding carboxylic acids is 1. The van der Waals surface area contributed by atoms with Gasteiger partial charge >= 0.3 is 6.18 Å². The van der Waals surface area contributed by atoms with Crippen molar-refractivity contribution in [3.8, 4) is 17.4 Å². The van der Waals surface area contributed by atoms with Gasteiger partial charge in [0.25, 0.3) is 5.91 Å².